The van der Waals surface area contributed by atoms with Crippen molar-refractivity contribution >= 4 is 22.9 Å². The van der Waals surface area contributed by atoms with Crippen molar-refractivity contribution in [2.75, 3.05) is 5.32 Å². The van der Waals surface area contributed by atoms with Gasteiger partial charge in [-0.15, -0.1) is 16.4 Å². The number of carbonyl (C=O) groups excluding carboxylic acids is 1. The van der Waals surface area contributed by atoms with Crippen molar-refractivity contribution in [1.82, 2.24) is 15.0 Å². The van der Waals surface area contributed by atoms with Crippen LogP contribution in [-0.2, 0) is 6.54 Å². The molecule has 0 spiro atoms. The molecule has 0 bridgehead atoms. The number of anilines is 1. The molecule has 0 aliphatic carbocycles. The molecule has 0 aliphatic rings. The number of amides is 1. The summed E-state index contributed by atoms with van der Waals surface area (Å²) in [5.41, 5.74) is -0.377. The van der Waals surface area contributed by atoms with E-state index in [9.17, 15) is 23.1 Å². The summed E-state index contributed by atoms with van der Waals surface area (Å²) in [6, 6.07) is 4.87. The maximum absolute atomic E-state index is 13.1. The molecule has 10 heteroatoms. The molecule has 3 rings (SSSR count). The maximum Gasteiger partial charge on any atom is 0.277 e. The van der Waals surface area contributed by atoms with Gasteiger partial charge in [-0.2, -0.15) is 0 Å². The van der Waals surface area contributed by atoms with Gasteiger partial charge in [-0.05, 0) is 11.4 Å². The molecule has 2 N–H and O–H groups in total. The number of hydrogen-bond acceptors (Lipinski definition) is 5. The lowest BCUT2D eigenvalue weighted by molar-refractivity contribution is 0.102. The predicted octanol–water partition coefficient (Wildman–Crippen LogP) is 2.74. The predicted molar refractivity (Wildman–Crippen MR) is 83.6 cm³/mol. The molecule has 2 aromatic heterocycles. The van der Waals surface area contributed by atoms with Gasteiger partial charge >= 0.3 is 0 Å². The van der Waals surface area contributed by atoms with Crippen LogP contribution in [0, 0.1) is 17.5 Å². The van der Waals surface area contributed by atoms with E-state index in [0.717, 1.165) is 4.88 Å². The Bertz CT molecular complexity index is 875. The molecule has 6 nitrogen and oxygen atoms in total. The highest BCUT2D eigenvalue weighted by molar-refractivity contribution is 7.10. The highest BCUT2D eigenvalue weighted by Crippen LogP contribution is 2.20. The Morgan fingerprint density at radius 3 is 2.68 bits per heavy atom. The van der Waals surface area contributed by atoms with Gasteiger partial charge in [0, 0.05) is 22.7 Å². The summed E-state index contributed by atoms with van der Waals surface area (Å²) in [5, 5.41) is 21.4. The Labute approximate surface area is 143 Å². The number of aliphatic hydroxyl groups excluding tert-OH is 1. The summed E-state index contributed by atoms with van der Waals surface area (Å²) in [4.78, 5) is 12.8. The van der Waals surface area contributed by atoms with Gasteiger partial charge in [0.1, 0.15) is 6.10 Å². The lowest BCUT2D eigenvalue weighted by Gasteiger charge is -2.07. The summed E-state index contributed by atoms with van der Waals surface area (Å²) in [6.07, 6.45) is 0.473. The van der Waals surface area contributed by atoms with Crippen molar-refractivity contribution in [2.45, 2.75) is 12.6 Å². The molecule has 0 fully saturated rings. The zero-order chi connectivity index (χ0) is 18.0. The molecule has 0 radical (unpaired) electrons. The number of carbonyl (C=O) groups is 1. The molecule has 3 aromatic rings. The topological polar surface area (TPSA) is 80.0 Å². The number of aromatic nitrogens is 3. The Morgan fingerprint density at radius 1 is 1.32 bits per heavy atom. The molecule has 1 atom stereocenters. The average Bonchev–Trinajstić information content (AvgIpc) is 3.24. The third-order valence-corrected chi connectivity index (χ3v) is 4.22. The van der Waals surface area contributed by atoms with E-state index in [-0.39, 0.29) is 17.9 Å². The minimum atomic E-state index is -1.62. The summed E-state index contributed by atoms with van der Waals surface area (Å²) in [7, 11) is 0. The smallest absolute Gasteiger partial charge is 0.277 e. The second-order valence-electron chi connectivity index (χ2n) is 5.07. The van der Waals surface area contributed by atoms with Gasteiger partial charge in [0.05, 0.1) is 12.7 Å². The van der Waals surface area contributed by atoms with Crippen molar-refractivity contribution in [3.8, 4) is 0 Å². The van der Waals surface area contributed by atoms with E-state index in [2.05, 4.69) is 15.6 Å². The van der Waals surface area contributed by atoms with Crippen LogP contribution in [0.2, 0.25) is 0 Å². The standard InChI is InChI=1S/C15H11F3N4O2S/c16-9-4-8(5-10(17)14(9)18)19-15(24)11-6-22(21-20-11)7-12(23)13-2-1-3-25-13/h1-6,12,23H,7H2,(H,19,24)/t12-/m0/s1. The molecule has 0 saturated carbocycles. The second kappa shape index (κ2) is 7.03. The van der Waals surface area contributed by atoms with E-state index in [4.69, 9.17) is 0 Å². The van der Waals surface area contributed by atoms with E-state index in [1.807, 2.05) is 5.38 Å². The van der Waals surface area contributed by atoms with Crippen LogP contribution in [0.4, 0.5) is 18.9 Å². The van der Waals surface area contributed by atoms with E-state index in [0.29, 0.717) is 12.1 Å². The van der Waals surface area contributed by atoms with Crippen LogP contribution in [0.1, 0.15) is 21.5 Å². The largest absolute Gasteiger partial charge is 0.386 e. The number of benzene rings is 1. The number of rotatable bonds is 5. The Morgan fingerprint density at radius 2 is 2.04 bits per heavy atom. The normalized spacial score (nSPS) is 12.2. The SMILES string of the molecule is O=C(Nc1cc(F)c(F)c(F)c1)c1cn(C[C@H](O)c2cccs2)nn1. The first kappa shape index (κ1) is 17.1. The van der Waals surface area contributed by atoms with Gasteiger partial charge in [-0.3, -0.25) is 4.79 Å². The van der Waals surface area contributed by atoms with Crippen molar-refractivity contribution < 1.29 is 23.1 Å². The van der Waals surface area contributed by atoms with Crippen LogP contribution in [-0.4, -0.2) is 26.0 Å². The van der Waals surface area contributed by atoms with Gasteiger partial charge in [0.2, 0.25) is 0 Å². The van der Waals surface area contributed by atoms with Crippen LogP contribution < -0.4 is 5.32 Å². The van der Waals surface area contributed by atoms with Crippen LogP contribution in [0.15, 0.2) is 35.8 Å². The number of thiophene rings is 1. The quantitative estimate of drug-likeness (QED) is 0.679. The molecule has 0 saturated heterocycles. The summed E-state index contributed by atoms with van der Waals surface area (Å²) < 4.78 is 40.5. The summed E-state index contributed by atoms with van der Waals surface area (Å²) in [6.45, 7) is 0.0839. The van der Waals surface area contributed by atoms with Gasteiger partial charge in [0.25, 0.3) is 5.91 Å². The Balaban J connectivity index is 1.68. The second-order valence-corrected chi connectivity index (χ2v) is 6.04. The van der Waals surface area contributed by atoms with Crippen molar-refractivity contribution in [1.29, 1.82) is 0 Å². The third kappa shape index (κ3) is 3.86. The maximum atomic E-state index is 13.1. The molecule has 1 amide bonds. The summed E-state index contributed by atoms with van der Waals surface area (Å²) >= 11 is 1.38. The van der Waals surface area contributed by atoms with E-state index in [1.165, 1.54) is 22.2 Å². The van der Waals surface area contributed by atoms with Crippen LogP contribution in [0.25, 0.3) is 0 Å². The van der Waals surface area contributed by atoms with Gasteiger partial charge in [-0.1, -0.05) is 11.3 Å². The minimum absolute atomic E-state index is 0.0839. The molecule has 25 heavy (non-hydrogen) atoms. The lowest BCUT2D eigenvalue weighted by Crippen LogP contribution is -2.13. The highest BCUT2D eigenvalue weighted by Gasteiger charge is 2.16. The van der Waals surface area contributed by atoms with Crippen LogP contribution >= 0.6 is 11.3 Å². The monoisotopic (exact) mass is 368 g/mol. The molecule has 1 aromatic carbocycles. The average molecular weight is 368 g/mol. The number of halogens is 3. The van der Waals surface area contributed by atoms with E-state index in [1.54, 1.807) is 12.1 Å². The Hall–Kier alpha value is -2.72. The molecule has 0 unspecified atom stereocenters. The first-order chi connectivity index (χ1) is 11.9. The zero-order valence-electron chi connectivity index (χ0n) is 12.5. The lowest BCUT2D eigenvalue weighted by atomic mass is 10.2. The van der Waals surface area contributed by atoms with Crippen LogP contribution in [0.5, 0.6) is 0 Å². The van der Waals surface area contributed by atoms with Crippen molar-refractivity contribution in [3.63, 3.8) is 0 Å². The summed E-state index contributed by atoms with van der Waals surface area (Å²) in [5.74, 6) is -5.23. The number of aliphatic hydroxyl groups is 1. The zero-order valence-corrected chi connectivity index (χ0v) is 13.3. The molecular weight excluding hydrogens is 357 g/mol. The van der Waals surface area contributed by atoms with Crippen molar-refractivity contribution in [3.05, 3.63) is 63.9 Å². The molecule has 130 valence electrons. The number of nitrogens with zero attached hydrogens (tertiary/aromatic N) is 3. The minimum Gasteiger partial charge on any atom is -0.386 e. The van der Waals surface area contributed by atoms with E-state index < -0.39 is 29.5 Å². The fourth-order valence-corrected chi connectivity index (χ4v) is 2.77. The van der Waals surface area contributed by atoms with Crippen LogP contribution in [0.3, 0.4) is 0 Å². The molecule has 2 heterocycles. The number of hydrogen-bond donors (Lipinski definition) is 2. The third-order valence-electron chi connectivity index (χ3n) is 3.24. The Kier molecular flexibility index (Phi) is 4.81. The highest BCUT2D eigenvalue weighted by atomic mass is 32.1. The first-order valence-electron chi connectivity index (χ1n) is 7.01. The fraction of sp³-hybridized carbons (Fsp3) is 0.133. The number of nitrogens with one attached hydrogen (secondary N) is 1. The molecule has 0 aliphatic heterocycles. The molecular formula is C15H11F3N4O2S. The fourth-order valence-electron chi connectivity index (χ4n) is 2.06. The first-order valence-corrected chi connectivity index (χ1v) is 7.89. The van der Waals surface area contributed by atoms with Gasteiger partial charge < -0.3 is 10.4 Å². The van der Waals surface area contributed by atoms with Crippen molar-refractivity contribution in [2.24, 2.45) is 0 Å². The van der Waals surface area contributed by atoms with E-state index >= 15 is 0 Å². The van der Waals surface area contributed by atoms with Gasteiger partial charge in [0.15, 0.2) is 23.1 Å². The van der Waals surface area contributed by atoms with Gasteiger partial charge in [-0.25, -0.2) is 17.9 Å².